The Morgan fingerprint density at radius 3 is 2.12 bits per heavy atom. The molecular formula is C23H21N. The summed E-state index contributed by atoms with van der Waals surface area (Å²) in [6.45, 7) is 4.19. The predicted molar refractivity (Wildman–Crippen MR) is 103 cm³/mol. The van der Waals surface area contributed by atoms with Crippen molar-refractivity contribution in [2.75, 3.05) is 0 Å². The number of benzene rings is 3. The number of hydrogen-bond acceptors (Lipinski definition) is 1. The monoisotopic (exact) mass is 311 g/mol. The van der Waals surface area contributed by atoms with Crippen molar-refractivity contribution in [3.8, 4) is 0 Å². The van der Waals surface area contributed by atoms with Gasteiger partial charge in [-0.3, -0.25) is 4.98 Å². The van der Waals surface area contributed by atoms with E-state index in [-0.39, 0.29) is 0 Å². The molecule has 4 aromatic rings. The third kappa shape index (κ3) is 3.03. The molecule has 0 amide bonds. The maximum atomic E-state index is 4.64. The number of rotatable bonds is 3. The minimum absolute atomic E-state index is 1.04. The molecule has 0 bridgehead atoms. The summed E-state index contributed by atoms with van der Waals surface area (Å²) in [5.74, 6) is 0. The molecule has 0 aliphatic rings. The fourth-order valence-electron chi connectivity index (χ4n) is 3.28. The summed E-state index contributed by atoms with van der Waals surface area (Å²) >= 11 is 0. The highest BCUT2D eigenvalue weighted by molar-refractivity contribution is 5.84. The summed E-state index contributed by atoms with van der Waals surface area (Å²) in [5.41, 5.74) is 6.23. The summed E-state index contributed by atoms with van der Waals surface area (Å²) in [5, 5.41) is 3.86. The molecule has 4 rings (SSSR count). The Labute approximate surface area is 143 Å². The van der Waals surface area contributed by atoms with Gasteiger partial charge in [-0.05, 0) is 60.7 Å². The summed E-state index contributed by atoms with van der Waals surface area (Å²) in [4.78, 5) is 4.64. The van der Waals surface area contributed by atoms with Crippen molar-refractivity contribution >= 4 is 21.7 Å². The molecule has 0 saturated heterocycles. The number of nitrogens with zero attached hydrogens (tertiary/aromatic N) is 1. The van der Waals surface area contributed by atoms with Gasteiger partial charge in [0.25, 0.3) is 0 Å². The van der Waals surface area contributed by atoms with Crippen molar-refractivity contribution in [1.82, 2.24) is 4.98 Å². The van der Waals surface area contributed by atoms with Gasteiger partial charge in [0.15, 0.2) is 0 Å². The number of aromatic nitrogens is 1. The van der Waals surface area contributed by atoms with E-state index in [1.165, 1.54) is 32.8 Å². The van der Waals surface area contributed by atoms with Crippen molar-refractivity contribution in [3.63, 3.8) is 0 Å². The molecular weight excluding hydrogens is 290 g/mol. The topological polar surface area (TPSA) is 12.9 Å². The zero-order valence-electron chi connectivity index (χ0n) is 14.2. The van der Waals surface area contributed by atoms with Gasteiger partial charge in [0.2, 0.25) is 0 Å². The Morgan fingerprint density at radius 1 is 0.625 bits per heavy atom. The smallest absolute Gasteiger partial charge is 0.0707 e. The van der Waals surface area contributed by atoms with Crippen molar-refractivity contribution in [2.24, 2.45) is 0 Å². The number of pyridine rings is 1. The molecule has 0 fully saturated rings. The molecule has 3 aromatic carbocycles. The van der Waals surface area contributed by atoms with Gasteiger partial charge in [0.1, 0.15) is 0 Å². The van der Waals surface area contributed by atoms with Gasteiger partial charge in [0, 0.05) is 11.1 Å². The average molecular weight is 311 g/mol. The highest BCUT2D eigenvalue weighted by Gasteiger charge is 2.02. The zero-order chi connectivity index (χ0) is 16.5. The molecule has 0 unspecified atom stereocenters. The quantitative estimate of drug-likeness (QED) is 0.466. The van der Waals surface area contributed by atoms with Crippen LogP contribution in [0.1, 0.15) is 22.4 Å². The van der Waals surface area contributed by atoms with Crippen molar-refractivity contribution in [2.45, 2.75) is 26.7 Å². The Balaban J connectivity index is 1.58. The van der Waals surface area contributed by atoms with Gasteiger partial charge in [0.05, 0.1) is 5.52 Å². The molecule has 1 heteroatoms. The van der Waals surface area contributed by atoms with Crippen molar-refractivity contribution in [3.05, 3.63) is 89.1 Å². The molecule has 24 heavy (non-hydrogen) atoms. The molecule has 0 atom stereocenters. The molecule has 1 heterocycles. The summed E-state index contributed by atoms with van der Waals surface area (Å²) in [6.07, 6.45) is 2.10. The van der Waals surface area contributed by atoms with E-state index >= 15 is 0 Å². The lowest BCUT2D eigenvalue weighted by Gasteiger charge is -2.07. The fraction of sp³-hybridized carbons (Fsp3) is 0.174. The molecule has 0 spiro atoms. The maximum absolute atomic E-state index is 4.64. The molecule has 1 nitrogen and oxygen atoms in total. The van der Waals surface area contributed by atoms with Crippen LogP contribution < -0.4 is 0 Å². The Bertz CT molecular complexity index is 945. The molecule has 118 valence electrons. The molecule has 0 aliphatic heterocycles. The van der Waals surface area contributed by atoms with Gasteiger partial charge in [-0.15, -0.1) is 0 Å². The van der Waals surface area contributed by atoms with Gasteiger partial charge < -0.3 is 0 Å². The third-order valence-electron chi connectivity index (χ3n) is 4.66. The first-order valence-corrected chi connectivity index (χ1v) is 8.53. The largest absolute Gasteiger partial charge is 0.253 e. The molecule has 0 saturated carbocycles. The lowest BCUT2D eigenvalue weighted by molar-refractivity contribution is 0.963. The van der Waals surface area contributed by atoms with Crippen LogP contribution in [-0.2, 0) is 12.8 Å². The second kappa shape index (κ2) is 6.09. The Hall–Kier alpha value is -2.67. The lowest BCUT2D eigenvalue weighted by Crippen LogP contribution is -1.93. The molecule has 0 aliphatic carbocycles. The van der Waals surface area contributed by atoms with E-state index in [1.807, 2.05) is 6.92 Å². The van der Waals surface area contributed by atoms with E-state index in [0.717, 1.165) is 24.1 Å². The summed E-state index contributed by atoms with van der Waals surface area (Å²) in [6, 6.07) is 24.3. The molecule has 1 aromatic heterocycles. The molecule has 0 N–H and O–H groups in total. The van der Waals surface area contributed by atoms with Crippen LogP contribution in [0.4, 0.5) is 0 Å². The van der Waals surface area contributed by atoms with Gasteiger partial charge >= 0.3 is 0 Å². The van der Waals surface area contributed by atoms with Crippen LogP contribution in [0.2, 0.25) is 0 Å². The fourth-order valence-corrected chi connectivity index (χ4v) is 3.28. The van der Waals surface area contributed by atoms with Crippen molar-refractivity contribution < 1.29 is 0 Å². The van der Waals surface area contributed by atoms with Gasteiger partial charge in [-0.25, -0.2) is 0 Å². The second-order valence-electron chi connectivity index (χ2n) is 6.66. The average Bonchev–Trinajstić information content (AvgIpc) is 2.59. The Morgan fingerprint density at radius 2 is 1.29 bits per heavy atom. The highest BCUT2D eigenvalue weighted by atomic mass is 14.7. The van der Waals surface area contributed by atoms with Crippen molar-refractivity contribution in [1.29, 1.82) is 0 Å². The predicted octanol–water partition coefficient (Wildman–Crippen LogP) is 5.79. The first kappa shape index (κ1) is 14.9. The standard InChI is InChI=1S/C23H21N/c1-16-3-9-20-11-7-18(14-22(20)13-16)5-6-19-8-12-21-10-4-17(2)24-23(21)15-19/h3-4,7-15H,5-6H2,1-2H3. The van der Waals surface area contributed by atoms with E-state index in [1.54, 1.807) is 0 Å². The van der Waals surface area contributed by atoms with Crippen LogP contribution in [0.25, 0.3) is 21.7 Å². The van der Waals surface area contributed by atoms with E-state index in [0.29, 0.717) is 0 Å². The van der Waals surface area contributed by atoms with E-state index in [9.17, 15) is 0 Å². The first-order valence-electron chi connectivity index (χ1n) is 8.53. The van der Waals surface area contributed by atoms with Crippen LogP contribution in [0.3, 0.4) is 0 Å². The normalized spacial score (nSPS) is 11.2. The number of fused-ring (bicyclic) bond motifs is 2. The highest BCUT2D eigenvalue weighted by Crippen LogP contribution is 2.20. The summed E-state index contributed by atoms with van der Waals surface area (Å²) < 4.78 is 0. The minimum Gasteiger partial charge on any atom is -0.253 e. The zero-order valence-corrected chi connectivity index (χ0v) is 14.2. The van der Waals surface area contributed by atoms with E-state index in [2.05, 4.69) is 78.6 Å². The van der Waals surface area contributed by atoms with Crippen LogP contribution in [0.5, 0.6) is 0 Å². The number of hydrogen-bond donors (Lipinski definition) is 0. The lowest BCUT2D eigenvalue weighted by atomic mass is 9.99. The number of aryl methyl sites for hydroxylation is 4. The Kier molecular flexibility index (Phi) is 3.78. The van der Waals surface area contributed by atoms with E-state index in [4.69, 9.17) is 0 Å². The van der Waals surface area contributed by atoms with Crippen LogP contribution >= 0.6 is 0 Å². The van der Waals surface area contributed by atoms with Gasteiger partial charge in [-0.2, -0.15) is 0 Å². The third-order valence-corrected chi connectivity index (χ3v) is 4.66. The SMILES string of the molecule is Cc1ccc2ccc(CCc3ccc4ccc(C)nc4c3)cc2c1. The van der Waals surface area contributed by atoms with Gasteiger partial charge in [-0.1, -0.05) is 60.2 Å². The molecule has 0 radical (unpaired) electrons. The first-order chi connectivity index (χ1) is 11.7. The summed E-state index contributed by atoms with van der Waals surface area (Å²) in [7, 11) is 0. The minimum atomic E-state index is 1.04. The maximum Gasteiger partial charge on any atom is 0.0707 e. The second-order valence-corrected chi connectivity index (χ2v) is 6.66. The van der Waals surface area contributed by atoms with Crippen LogP contribution in [0.15, 0.2) is 66.7 Å². The van der Waals surface area contributed by atoms with Crippen LogP contribution in [0, 0.1) is 13.8 Å². The van der Waals surface area contributed by atoms with E-state index < -0.39 is 0 Å². The van der Waals surface area contributed by atoms with Crippen LogP contribution in [-0.4, -0.2) is 4.98 Å².